The van der Waals surface area contributed by atoms with Crippen LogP contribution in [-0.2, 0) is 4.79 Å². The molecular weight excluding hydrogens is 360 g/mol. The minimum absolute atomic E-state index is 0.0323. The number of hydrogen-bond donors (Lipinski definition) is 1. The third-order valence-electron chi connectivity index (χ3n) is 5.39. The number of amides is 1. The minimum atomic E-state index is 0.0323. The molecule has 1 aliphatic rings. The Morgan fingerprint density at radius 2 is 1.72 bits per heavy atom. The molecule has 5 heteroatoms. The summed E-state index contributed by atoms with van der Waals surface area (Å²) in [6, 6.07) is 18.1. The summed E-state index contributed by atoms with van der Waals surface area (Å²) in [5, 5.41) is 3.06. The first-order chi connectivity index (χ1) is 14.1. The maximum absolute atomic E-state index is 12.6. The minimum Gasteiger partial charge on any atom is -0.356 e. The quantitative estimate of drug-likeness (QED) is 0.711. The largest absolute Gasteiger partial charge is 0.356 e. The first-order valence-electron chi connectivity index (χ1n) is 10.1. The van der Waals surface area contributed by atoms with Gasteiger partial charge < -0.3 is 10.2 Å². The molecule has 2 heterocycles. The van der Waals surface area contributed by atoms with Crippen molar-refractivity contribution < 1.29 is 4.79 Å². The summed E-state index contributed by atoms with van der Waals surface area (Å²) in [7, 11) is 0. The highest BCUT2D eigenvalue weighted by Gasteiger charge is 2.26. The van der Waals surface area contributed by atoms with Crippen LogP contribution < -0.4 is 10.2 Å². The molecule has 1 aromatic heterocycles. The van der Waals surface area contributed by atoms with Gasteiger partial charge in [0.05, 0.1) is 0 Å². The Labute approximate surface area is 171 Å². The van der Waals surface area contributed by atoms with E-state index in [0.717, 1.165) is 54.4 Å². The lowest BCUT2D eigenvalue weighted by molar-refractivity contribution is -0.120. The molecule has 29 heavy (non-hydrogen) atoms. The summed E-state index contributed by atoms with van der Waals surface area (Å²) in [4.78, 5) is 24.1. The van der Waals surface area contributed by atoms with E-state index in [-0.39, 0.29) is 11.8 Å². The van der Waals surface area contributed by atoms with E-state index in [1.54, 1.807) is 0 Å². The molecule has 3 aromatic rings. The summed E-state index contributed by atoms with van der Waals surface area (Å²) in [5.41, 5.74) is 4.23. The highest BCUT2D eigenvalue weighted by Crippen LogP contribution is 2.25. The number of aromatic nitrogens is 2. The second-order valence-electron chi connectivity index (χ2n) is 7.73. The predicted octanol–water partition coefficient (Wildman–Crippen LogP) is 4.62. The molecule has 2 aromatic carbocycles. The van der Waals surface area contributed by atoms with Crippen molar-refractivity contribution in [2.75, 3.05) is 23.3 Å². The predicted molar refractivity (Wildman–Crippen MR) is 117 cm³/mol. The topological polar surface area (TPSA) is 58.1 Å². The molecule has 1 saturated heterocycles. The van der Waals surface area contributed by atoms with Crippen LogP contribution in [0.2, 0.25) is 0 Å². The van der Waals surface area contributed by atoms with Crippen LogP contribution in [0.4, 0.5) is 11.5 Å². The van der Waals surface area contributed by atoms with E-state index in [9.17, 15) is 4.79 Å². The lowest BCUT2D eigenvalue weighted by atomic mass is 9.95. The van der Waals surface area contributed by atoms with Gasteiger partial charge in [-0.05, 0) is 56.5 Å². The third kappa shape index (κ3) is 4.62. The van der Waals surface area contributed by atoms with Crippen LogP contribution in [0.25, 0.3) is 11.4 Å². The number of nitrogens with one attached hydrogen (secondary N) is 1. The number of rotatable bonds is 4. The van der Waals surface area contributed by atoms with Gasteiger partial charge in [-0.1, -0.05) is 35.9 Å². The van der Waals surface area contributed by atoms with Crippen molar-refractivity contribution in [2.45, 2.75) is 26.7 Å². The summed E-state index contributed by atoms with van der Waals surface area (Å²) in [6.45, 7) is 5.73. The molecule has 1 amide bonds. The molecule has 0 atom stereocenters. The average molecular weight is 386 g/mol. The van der Waals surface area contributed by atoms with Crippen LogP contribution in [0.1, 0.15) is 24.0 Å². The number of carbonyl (C=O) groups is 1. The summed E-state index contributed by atoms with van der Waals surface area (Å²) in [6.07, 6.45) is 3.46. The van der Waals surface area contributed by atoms with Crippen molar-refractivity contribution >= 4 is 17.4 Å². The molecule has 4 rings (SSSR count). The second kappa shape index (κ2) is 8.43. The van der Waals surface area contributed by atoms with E-state index >= 15 is 0 Å². The first-order valence-corrected chi connectivity index (χ1v) is 10.1. The maximum Gasteiger partial charge on any atom is 0.227 e. The molecule has 5 nitrogen and oxygen atoms in total. The van der Waals surface area contributed by atoms with Crippen molar-refractivity contribution in [2.24, 2.45) is 5.92 Å². The van der Waals surface area contributed by atoms with Crippen LogP contribution in [-0.4, -0.2) is 29.0 Å². The average Bonchev–Trinajstić information content (AvgIpc) is 2.74. The Balaban J connectivity index is 1.39. The molecule has 148 valence electrons. The van der Waals surface area contributed by atoms with Gasteiger partial charge in [-0.3, -0.25) is 4.79 Å². The lowest BCUT2D eigenvalue weighted by Crippen LogP contribution is -2.38. The third-order valence-corrected chi connectivity index (χ3v) is 5.39. The van der Waals surface area contributed by atoms with Gasteiger partial charge in [-0.25, -0.2) is 9.97 Å². The van der Waals surface area contributed by atoms with Gasteiger partial charge in [0.2, 0.25) is 5.91 Å². The molecular formula is C24H26N4O. The molecule has 0 spiro atoms. The molecule has 0 radical (unpaired) electrons. The van der Waals surface area contributed by atoms with E-state index in [0.29, 0.717) is 0 Å². The summed E-state index contributed by atoms with van der Waals surface area (Å²) < 4.78 is 0. The number of hydrogen-bond acceptors (Lipinski definition) is 4. The monoisotopic (exact) mass is 386 g/mol. The van der Waals surface area contributed by atoms with Crippen molar-refractivity contribution in [3.05, 3.63) is 71.9 Å². The normalized spacial score (nSPS) is 14.6. The van der Waals surface area contributed by atoms with E-state index in [1.165, 1.54) is 5.56 Å². The first kappa shape index (κ1) is 19.1. The Hall–Kier alpha value is -3.21. The highest BCUT2D eigenvalue weighted by molar-refractivity contribution is 5.92. The zero-order valence-corrected chi connectivity index (χ0v) is 16.9. The van der Waals surface area contributed by atoms with Crippen LogP contribution in [0.3, 0.4) is 0 Å². The van der Waals surface area contributed by atoms with Crippen molar-refractivity contribution in [3.8, 4) is 11.4 Å². The van der Waals surface area contributed by atoms with Gasteiger partial charge in [0.25, 0.3) is 0 Å². The van der Waals surface area contributed by atoms with Gasteiger partial charge >= 0.3 is 0 Å². The molecule has 0 saturated carbocycles. The van der Waals surface area contributed by atoms with Crippen LogP contribution in [0.5, 0.6) is 0 Å². The van der Waals surface area contributed by atoms with Gasteiger partial charge in [0, 0.05) is 36.5 Å². The van der Waals surface area contributed by atoms with Crippen LogP contribution in [0, 0.1) is 19.8 Å². The fourth-order valence-electron chi connectivity index (χ4n) is 3.79. The molecule has 0 bridgehead atoms. The highest BCUT2D eigenvalue weighted by atomic mass is 16.1. The zero-order valence-electron chi connectivity index (χ0n) is 16.9. The Kier molecular flexibility index (Phi) is 5.56. The van der Waals surface area contributed by atoms with E-state index in [1.807, 2.05) is 55.6 Å². The number of benzene rings is 2. The number of nitrogens with zero attached hydrogens (tertiary/aromatic N) is 3. The van der Waals surface area contributed by atoms with E-state index in [4.69, 9.17) is 4.98 Å². The van der Waals surface area contributed by atoms with E-state index < -0.39 is 0 Å². The molecule has 1 aliphatic heterocycles. The summed E-state index contributed by atoms with van der Waals surface area (Å²) in [5.74, 6) is 1.81. The van der Waals surface area contributed by atoms with Crippen molar-refractivity contribution in [1.82, 2.24) is 9.97 Å². The fourth-order valence-corrected chi connectivity index (χ4v) is 3.79. The Morgan fingerprint density at radius 3 is 2.45 bits per heavy atom. The van der Waals surface area contributed by atoms with Gasteiger partial charge in [-0.15, -0.1) is 0 Å². The number of piperidine rings is 1. The zero-order chi connectivity index (χ0) is 20.2. The Morgan fingerprint density at radius 1 is 1.00 bits per heavy atom. The van der Waals surface area contributed by atoms with Crippen molar-refractivity contribution in [3.63, 3.8) is 0 Å². The SMILES string of the molecule is Cc1cccc(NC(=O)C2CCN(c3ccnc(-c4cccc(C)c4)n3)CC2)c1. The molecule has 0 unspecified atom stereocenters. The molecule has 0 aliphatic carbocycles. The molecule has 1 fully saturated rings. The lowest BCUT2D eigenvalue weighted by Gasteiger charge is -2.32. The molecule has 1 N–H and O–H groups in total. The smallest absolute Gasteiger partial charge is 0.227 e. The van der Waals surface area contributed by atoms with Crippen LogP contribution in [0.15, 0.2) is 60.8 Å². The standard InChI is InChI=1S/C24H26N4O/c1-17-5-3-7-20(15-17)23-25-12-9-22(27-23)28-13-10-19(11-14-28)24(29)26-21-8-4-6-18(2)16-21/h3-9,12,15-16,19H,10-11,13-14H2,1-2H3,(H,26,29). The maximum atomic E-state index is 12.6. The second-order valence-corrected chi connectivity index (χ2v) is 7.73. The van der Waals surface area contributed by atoms with Gasteiger partial charge in [0.15, 0.2) is 5.82 Å². The van der Waals surface area contributed by atoms with E-state index in [2.05, 4.69) is 34.3 Å². The number of aryl methyl sites for hydroxylation is 2. The summed E-state index contributed by atoms with van der Waals surface area (Å²) >= 11 is 0. The Bertz CT molecular complexity index is 1010. The number of anilines is 2. The fraction of sp³-hybridized carbons (Fsp3) is 0.292. The van der Waals surface area contributed by atoms with Crippen molar-refractivity contribution in [1.29, 1.82) is 0 Å². The van der Waals surface area contributed by atoms with Gasteiger partial charge in [0.1, 0.15) is 5.82 Å². The van der Waals surface area contributed by atoms with Gasteiger partial charge in [-0.2, -0.15) is 0 Å². The van der Waals surface area contributed by atoms with Crippen LogP contribution >= 0.6 is 0 Å². The number of carbonyl (C=O) groups excluding carboxylic acids is 1.